The zero-order valence-electron chi connectivity index (χ0n) is 17.7. The summed E-state index contributed by atoms with van der Waals surface area (Å²) >= 11 is 1.54. The van der Waals surface area contributed by atoms with Crippen LogP contribution in [0.25, 0.3) is 21.3 Å². The number of nitrogens with zero attached hydrogens (tertiary/aromatic N) is 1. The predicted octanol–water partition coefficient (Wildman–Crippen LogP) is 6.84. The molecular weight excluding hydrogens is 423 g/mol. The Bertz CT molecular complexity index is 1200. The molecule has 0 radical (unpaired) electrons. The van der Waals surface area contributed by atoms with Gasteiger partial charge in [-0.05, 0) is 68.7 Å². The lowest BCUT2D eigenvalue weighted by molar-refractivity contribution is -0.139. The molecule has 2 heterocycles. The number of aliphatic carboxylic acids is 1. The van der Waals surface area contributed by atoms with Crippen molar-refractivity contribution in [2.75, 3.05) is 0 Å². The molecule has 2 aromatic heterocycles. The number of carbonyl (C=O) groups is 1. The zero-order valence-corrected chi connectivity index (χ0v) is 18.6. The van der Waals surface area contributed by atoms with Crippen molar-refractivity contribution in [3.8, 4) is 11.1 Å². The average Bonchev–Trinajstić information content (AvgIpc) is 3.08. The number of benzene rings is 1. The van der Waals surface area contributed by atoms with E-state index in [2.05, 4.69) is 0 Å². The number of thiophene rings is 1. The van der Waals surface area contributed by atoms with Crippen LogP contribution in [0.3, 0.4) is 0 Å². The Morgan fingerprint density at radius 3 is 2.55 bits per heavy atom. The minimum Gasteiger partial charge on any atom is -0.481 e. The Balaban J connectivity index is 2.20. The SMILES string of the molecule is CCCC(C(=O)O)c1c(C)nc2sc3c(c2c1-c1c(C)cc(F)c(F)c1F)CCCC3. The summed E-state index contributed by atoms with van der Waals surface area (Å²) in [7, 11) is 0. The van der Waals surface area contributed by atoms with Crippen LogP contribution < -0.4 is 0 Å². The second-order valence-corrected chi connectivity index (χ2v) is 9.32. The Morgan fingerprint density at radius 1 is 1.16 bits per heavy atom. The summed E-state index contributed by atoms with van der Waals surface area (Å²) in [6, 6.07) is 0.980. The summed E-state index contributed by atoms with van der Waals surface area (Å²) in [5.41, 5.74) is 2.49. The second-order valence-electron chi connectivity index (χ2n) is 8.23. The first kappa shape index (κ1) is 21.8. The van der Waals surface area contributed by atoms with E-state index >= 15 is 4.39 Å². The molecule has 0 aliphatic heterocycles. The van der Waals surface area contributed by atoms with Crippen LogP contribution in [0.2, 0.25) is 0 Å². The van der Waals surface area contributed by atoms with E-state index in [1.807, 2.05) is 6.92 Å². The van der Waals surface area contributed by atoms with Gasteiger partial charge in [0.2, 0.25) is 0 Å². The van der Waals surface area contributed by atoms with Crippen LogP contribution in [0.15, 0.2) is 6.07 Å². The molecular formula is C24H24F3NO2S. The number of rotatable bonds is 5. The fourth-order valence-electron chi connectivity index (χ4n) is 4.80. The molecule has 0 bridgehead atoms. The van der Waals surface area contributed by atoms with E-state index in [0.29, 0.717) is 39.9 Å². The lowest BCUT2D eigenvalue weighted by Gasteiger charge is -2.22. The second kappa shape index (κ2) is 8.26. The van der Waals surface area contributed by atoms with Crippen LogP contribution in [0.5, 0.6) is 0 Å². The molecule has 164 valence electrons. The third kappa shape index (κ3) is 3.53. The molecule has 0 fully saturated rings. The van der Waals surface area contributed by atoms with E-state index in [4.69, 9.17) is 4.98 Å². The summed E-state index contributed by atoms with van der Waals surface area (Å²) in [5.74, 6) is -6.01. The molecule has 0 saturated carbocycles. The van der Waals surface area contributed by atoms with E-state index in [1.165, 1.54) is 18.3 Å². The normalized spacial score (nSPS) is 14.6. The van der Waals surface area contributed by atoms with Gasteiger partial charge in [0, 0.05) is 27.1 Å². The number of halogens is 3. The van der Waals surface area contributed by atoms with Gasteiger partial charge in [-0.15, -0.1) is 11.3 Å². The third-order valence-electron chi connectivity index (χ3n) is 6.16. The zero-order chi connectivity index (χ0) is 22.4. The van der Waals surface area contributed by atoms with Crippen LogP contribution in [0, 0.1) is 31.3 Å². The molecule has 1 atom stereocenters. The molecule has 0 spiro atoms. The minimum atomic E-state index is -1.54. The van der Waals surface area contributed by atoms with Crippen LogP contribution in [0.1, 0.15) is 65.8 Å². The highest BCUT2D eigenvalue weighted by molar-refractivity contribution is 7.19. The van der Waals surface area contributed by atoms with Crippen molar-refractivity contribution in [2.24, 2.45) is 0 Å². The summed E-state index contributed by atoms with van der Waals surface area (Å²) in [5, 5.41) is 10.7. The maximum Gasteiger partial charge on any atom is 0.311 e. The molecule has 1 aliphatic carbocycles. The smallest absolute Gasteiger partial charge is 0.311 e. The van der Waals surface area contributed by atoms with Crippen molar-refractivity contribution >= 4 is 27.5 Å². The number of carboxylic acid groups (broad SMARTS) is 1. The standard InChI is InChI=1S/C24H24F3NO2S/c1-4-7-14(24(29)30)18-12(3)28-23-19(13-8-5-6-9-16(13)31-23)20(18)17-11(2)10-15(25)21(26)22(17)27/h10,14H,4-9H2,1-3H3,(H,29,30). The number of hydrogen-bond acceptors (Lipinski definition) is 3. The Hall–Kier alpha value is -2.41. The molecule has 0 amide bonds. The van der Waals surface area contributed by atoms with Gasteiger partial charge >= 0.3 is 5.97 Å². The summed E-state index contributed by atoms with van der Waals surface area (Å²) < 4.78 is 43.6. The Kier molecular flexibility index (Phi) is 5.81. The Morgan fingerprint density at radius 2 is 1.87 bits per heavy atom. The van der Waals surface area contributed by atoms with Gasteiger partial charge in [-0.25, -0.2) is 18.2 Å². The van der Waals surface area contributed by atoms with Crippen LogP contribution in [-0.4, -0.2) is 16.1 Å². The Labute approximate surface area is 182 Å². The number of hydrogen-bond donors (Lipinski definition) is 1. The van der Waals surface area contributed by atoms with Crippen molar-refractivity contribution in [1.82, 2.24) is 4.98 Å². The third-order valence-corrected chi connectivity index (χ3v) is 7.35. The summed E-state index contributed by atoms with van der Waals surface area (Å²) in [6.07, 6.45) is 4.64. The van der Waals surface area contributed by atoms with Gasteiger partial charge in [0.25, 0.3) is 0 Å². The maximum atomic E-state index is 15.3. The molecule has 3 aromatic rings. The first-order valence-electron chi connectivity index (χ1n) is 10.6. The highest BCUT2D eigenvalue weighted by atomic mass is 32.1. The van der Waals surface area contributed by atoms with Crippen molar-refractivity contribution in [3.63, 3.8) is 0 Å². The fourth-order valence-corrected chi connectivity index (χ4v) is 6.12. The van der Waals surface area contributed by atoms with Crippen molar-refractivity contribution in [1.29, 1.82) is 0 Å². The van der Waals surface area contributed by atoms with Gasteiger partial charge in [-0.3, -0.25) is 4.79 Å². The molecule has 1 N–H and O–H groups in total. The lowest BCUT2D eigenvalue weighted by atomic mass is 9.82. The van der Waals surface area contributed by atoms with Crippen LogP contribution in [0.4, 0.5) is 13.2 Å². The number of fused-ring (bicyclic) bond motifs is 3. The largest absolute Gasteiger partial charge is 0.481 e. The van der Waals surface area contributed by atoms with Gasteiger partial charge in [-0.2, -0.15) is 0 Å². The summed E-state index contributed by atoms with van der Waals surface area (Å²) in [6.45, 7) is 5.13. The van der Waals surface area contributed by atoms with Gasteiger partial charge in [0.05, 0.1) is 5.92 Å². The quantitative estimate of drug-likeness (QED) is 0.436. The number of aromatic nitrogens is 1. The van der Waals surface area contributed by atoms with E-state index in [-0.39, 0.29) is 11.1 Å². The minimum absolute atomic E-state index is 0.0575. The van der Waals surface area contributed by atoms with E-state index in [9.17, 15) is 18.7 Å². The van der Waals surface area contributed by atoms with E-state index in [0.717, 1.165) is 42.2 Å². The van der Waals surface area contributed by atoms with Crippen LogP contribution in [-0.2, 0) is 17.6 Å². The highest BCUT2D eigenvalue weighted by Gasteiger charge is 2.32. The van der Waals surface area contributed by atoms with Gasteiger partial charge in [-0.1, -0.05) is 13.3 Å². The van der Waals surface area contributed by atoms with Gasteiger partial charge < -0.3 is 5.11 Å². The molecule has 1 unspecified atom stereocenters. The maximum absolute atomic E-state index is 15.3. The fraction of sp³-hybridized carbons (Fsp3) is 0.417. The number of aryl methyl sites for hydroxylation is 4. The van der Waals surface area contributed by atoms with Crippen molar-refractivity contribution < 1.29 is 23.1 Å². The van der Waals surface area contributed by atoms with Gasteiger partial charge in [0.15, 0.2) is 17.5 Å². The van der Waals surface area contributed by atoms with E-state index in [1.54, 1.807) is 6.92 Å². The lowest BCUT2D eigenvalue weighted by Crippen LogP contribution is -2.16. The molecule has 1 aromatic carbocycles. The molecule has 1 aliphatic rings. The average molecular weight is 448 g/mol. The number of carboxylic acids is 1. The molecule has 0 saturated heterocycles. The number of pyridine rings is 1. The molecule has 7 heteroatoms. The van der Waals surface area contributed by atoms with Crippen LogP contribution >= 0.6 is 11.3 Å². The van der Waals surface area contributed by atoms with Gasteiger partial charge in [0.1, 0.15) is 4.83 Å². The monoisotopic (exact) mass is 447 g/mol. The first-order valence-corrected chi connectivity index (χ1v) is 11.4. The predicted molar refractivity (Wildman–Crippen MR) is 116 cm³/mol. The first-order chi connectivity index (χ1) is 14.8. The highest BCUT2D eigenvalue weighted by Crippen LogP contribution is 2.47. The van der Waals surface area contributed by atoms with Crippen molar-refractivity contribution in [3.05, 3.63) is 50.8 Å². The topological polar surface area (TPSA) is 50.2 Å². The van der Waals surface area contributed by atoms with E-state index < -0.39 is 29.3 Å². The summed E-state index contributed by atoms with van der Waals surface area (Å²) in [4.78, 5) is 18.8. The molecule has 4 rings (SSSR count). The molecule has 31 heavy (non-hydrogen) atoms. The molecule has 3 nitrogen and oxygen atoms in total. The van der Waals surface area contributed by atoms with Crippen molar-refractivity contribution in [2.45, 2.75) is 65.2 Å².